The van der Waals surface area contributed by atoms with Crippen molar-refractivity contribution in [2.24, 2.45) is 0 Å². The Kier molecular flexibility index (Phi) is 6.39. The van der Waals surface area contributed by atoms with Crippen molar-refractivity contribution in [3.63, 3.8) is 0 Å². The lowest BCUT2D eigenvalue weighted by Gasteiger charge is -2.32. The Morgan fingerprint density at radius 2 is 1.94 bits per heavy atom. The van der Waals surface area contributed by atoms with Gasteiger partial charge in [0.15, 0.2) is 5.82 Å². The molecular weight excluding hydrogens is 461 g/mol. The molecule has 0 fully saturated rings. The van der Waals surface area contributed by atoms with Crippen LogP contribution in [0.4, 0.5) is 30.6 Å². The summed E-state index contributed by atoms with van der Waals surface area (Å²) in [5, 5.41) is 10.4. The molecule has 12 heteroatoms. The first-order valence-electron chi connectivity index (χ1n) is 11.2. The largest absolute Gasteiger partial charge is 0.433 e. The molecular formula is C23H27F3N8O. The molecule has 1 aliphatic heterocycles. The molecule has 0 saturated heterocycles. The van der Waals surface area contributed by atoms with E-state index >= 15 is 0 Å². The number of nitrogens with one attached hydrogen (secondary N) is 2. The zero-order valence-corrected chi connectivity index (χ0v) is 20.1. The number of anilines is 3. The first kappa shape index (κ1) is 24.4. The second-order valence-corrected chi connectivity index (χ2v) is 8.90. The number of hydrogen-bond acceptors (Lipinski definition) is 7. The summed E-state index contributed by atoms with van der Waals surface area (Å²) in [6.07, 6.45) is -0.990. The van der Waals surface area contributed by atoms with Crippen LogP contribution in [0.25, 0.3) is 0 Å². The number of rotatable bonds is 6. The summed E-state index contributed by atoms with van der Waals surface area (Å²) >= 11 is 0. The molecule has 0 aromatic carbocycles. The van der Waals surface area contributed by atoms with Gasteiger partial charge in [0.05, 0.1) is 18.4 Å². The molecule has 9 nitrogen and oxygen atoms in total. The second kappa shape index (κ2) is 9.16. The lowest BCUT2D eigenvalue weighted by Crippen LogP contribution is -2.44. The molecule has 0 spiro atoms. The number of nitrogens with zero attached hydrogens (tertiary/aromatic N) is 6. The normalized spacial score (nSPS) is 15.9. The molecule has 2 N–H and O–H groups in total. The van der Waals surface area contributed by atoms with Gasteiger partial charge in [0.1, 0.15) is 17.4 Å². The molecule has 0 saturated carbocycles. The molecule has 1 aliphatic rings. The SMILES string of the molecule is Cc1nc(NCc2cnn(Cc3ccc(C(F)(F)F)nc3C(C)C)c2)nc2c1NC(=O)[C@H](C)N2C. The molecule has 1 amide bonds. The summed E-state index contributed by atoms with van der Waals surface area (Å²) in [4.78, 5) is 26.7. The van der Waals surface area contributed by atoms with Gasteiger partial charge in [-0.2, -0.15) is 23.3 Å². The van der Waals surface area contributed by atoms with Gasteiger partial charge < -0.3 is 15.5 Å². The Bertz CT molecular complexity index is 1250. The number of aromatic nitrogens is 5. The average Bonchev–Trinajstić information content (AvgIpc) is 3.23. The molecule has 0 aliphatic carbocycles. The first-order valence-corrected chi connectivity index (χ1v) is 11.2. The van der Waals surface area contributed by atoms with Crippen molar-refractivity contribution in [3.05, 3.63) is 52.7 Å². The lowest BCUT2D eigenvalue weighted by atomic mass is 10.0. The number of carbonyl (C=O) groups is 1. The fourth-order valence-electron chi connectivity index (χ4n) is 3.86. The van der Waals surface area contributed by atoms with Crippen molar-refractivity contribution in [3.8, 4) is 0 Å². The highest BCUT2D eigenvalue weighted by Crippen LogP contribution is 2.32. The molecule has 0 radical (unpaired) electrons. The van der Waals surface area contributed by atoms with Gasteiger partial charge in [-0.25, -0.2) is 9.97 Å². The smallest absolute Gasteiger partial charge is 0.350 e. The highest BCUT2D eigenvalue weighted by molar-refractivity contribution is 6.03. The van der Waals surface area contributed by atoms with Gasteiger partial charge in [0.25, 0.3) is 0 Å². The summed E-state index contributed by atoms with van der Waals surface area (Å²) in [6, 6.07) is 2.12. The maximum Gasteiger partial charge on any atom is 0.433 e. The third kappa shape index (κ3) is 5.05. The van der Waals surface area contributed by atoms with Crippen LogP contribution in [0.5, 0.6) is 0 Å². The maximum absolute atomic E-state index is 13.1. The lowest BCUT2D eigenvalue weighted by molar-refractivity contribution is -0.141. The topological polar surface area (TPSA) is 101 Å². The standard InChI is InChI=1S/C23H27F3N8O/c1-12(2)18-16(6-7-17(30-18)23(24,25)26)11-34-10-15(9-28-34)8-27-22-29-13(3)19-20(32-22)33(5)14(4)21(35)31-19/h6-7,9-10,12,14H,8,11H2,1-5H3,(H,31,35)(H,27,29,32)/t14-/m0/s1. The predicted molar refractivity (Wildman–Crippen MR) is 125 cm³/mol. The van der Waals surface area contributed by atoms with Crippen molar-refractivity contribution in [2.75, 3.05) is 22.6 Å². The monoisotopic (exact) mass is 488 g/mol. The van der Waals surface area contributed by atoms with Crippen LogP contribution in [0.15, 0.2) is 24.5 Å². The maximum atomic E-state index is 13.1. The molecule has 35 heavy (non-hydrogen) atoms. The van der Waals surface area contributed by atoms with E-state index in [4.69, 9.17) is 0 Å². The molecule has 186 valence electrons. The summed E-state index contributed by atoms with van der Waals surface area (Å²) in [5.74, 6) is 0.778. The molecule has 3 aromatic rings. The van der Waals surface area contributed by atoms with E-state index in [1.807, 2.05) is 27.1 Å². The summed E-state index contributed by atoms with van der Waals surface area (Å²) in [6.45, 7) is 7.93. The number of hydrogen-bond donors (Lipinski definition) is 2. The number of carbonyl (C=O) groups excluding carboxylic acids is 1. The van der Waals surface area contributed by atoms with Gasteiger partial charge in [-0.15, -0.1) is 0 Å². The Balaban J connectivity index is 1.47. The summed E-state index contributed by atoms with van der Waals surface area (Å²) in [7, 11) is 1.81. The minimum atomic E-state index is -4.48. The van der Waals surface area contributed by atoms with E-state index in [-0.39, 0.29) is 17.9 Å². The molecule has 0 unspecified atom stereocenters. The molecule has 1 atom stereocenters. The van der Waals surface area contributed by atoms with E-state index < -0.39 is 11.9 Å². The van der Waals surface area contributed by atoms with E-state index in [0.717, 1.165) is 11.6 Å². The van der Waals surface area contributed by atoms with Crippen LogP contribution < -0.4 is 15.5 Å². The Morgan fingerprint density at radius 1 is 1.20 bits per heavy atom. The Hall–Kier alpha value is -3.70. The number of amides is 1. The van der Waals surface area contributed by atoms with Crippen LogP contribution in [-0.2, 0) is 24.1 Å². The summed E-state index contributed by atoms with van der Waals surface area (Å²) in [5.41, 5.74) is 2.29. The quantitative estimate of drug-likeness (QED) is 0.542. The van der Waals surface area contributed by atoms with Gasteiger partial charge >= 0.3 is 6.18 Å². The number of alkyl halides is 3. The highest BCUT2D eigenvalue weighted by Gasteiger charge is 2.33. The fourth-order valence-corrected chi connectivity index (χ4v) is 3.86. The van der Waals surface area contributed by atoms with E-state index in [1.54, 1.807) is 29.6 Å². The Labute approximate surface area is 200 Å². The van der Waals surface area contributed by atoms with Crippen molar-refractivity contribution < 1.29 is 18.0 Å². The van der Waals surface area contributed by atoms with E-state index in [1.165, 1.54) is 6.07 Å². The molecule has 4 rings (SSSR count). The van der Waals surface area contributed by atoms with Gasteiger partial charge in [-0.1, -0.05) is 19.9 Å². The number of fused-ring (bicyclic) bond motifs is 1. The number of likely N-dealkylation sites (N-methyl/N-ethyl adjacent to an activating group) is 1. The number of aryl methyl sites for hydroxylation is 1. The van der Waals surface area contributed by atoms with Crippen LogP contribution in [0.2, 0.25) is 0 Å². The Morgan fingerprint density at radius 3 is 2.63 bits per heavy atom. The zero-order chi connectivity index (χ0) is 25.5. The van der Waals surface area contributed by atoms with Gasteiger partial charge in [0, 0.05) is 31.0 Å². The van der Waals surface area contributed by atoms with Crippen LogP contribution in [0.1, 0.15) is 54.9 Å². The minimum absolute atomic E-state index is 0.108. The van der Waals surface area contributed by atoms with Crippen molar-refractivity contribution in [2.45, 2.75) is 58.9 Å². The fraction of sp³-hybridized carbons (Fsp3) is 0.435. The number of pyridine rings is 1. The average molecular weight is 489 g/mol. The van der Waals surface area contributed by atoms with E-state index in [2.05, 4.69) is 30.7 Å². The molecule has 0 bridgehead atoms. The van der Waals surface area contributed by atoms with Crippen LogP contribution in [-0.4, -0.2) is 43.7 Å². The van der Waals surface area contributed by atoms with Gasteiger partial charge in [-0.3, -0.25) is 9.48 Å². The highest BCUT2D eigenvalue weighted by atomic mass is 19.4. The summed E-state index contributed by atoms with van der Waals surface area (Å²) < 4.78 is 40.9. The number of halogens is 3. The predicted octanol–water partition coefficient (Wildman–Crippen LogP) is 3.96. The molecule has 3 aromatic heterocycles. The van der Waals surface area contributed by atoms with Gasteiger partial charge in [-0.05, 0) is 31.4 Å². The molecule has 4 heterocycles. The first-order chi connectivity index (χ1) is 16.4. The van der Waals surface area contributed by atoms with Crippen LogP contribution in [0, 0.1) is 6.92 Å². The van der Waals surface area contributed by atoms with Crippen molar-refractivity contribution >= 4 is 23.4 Å². The van der Waals surface area contributed by atoms with Gasteiger partial charge in [0.2, 0.25) is 11.9 Å². The van der Waals surface area contributed by atoms with E-state index in [9.17, 15) is 18.0 Å². The van der Waals surface area contributed by atoms with Crippen LogP contribution >= 0.6 is 0 Å². The van der Waals surface area contributed by atoms with Crippen molar-refractivity contribution in [1.82, 2.24) is 24.7 Å². The van der Waals surface area contributed by atoms with Crippen molar-refractivity contribution in [1.29, 1.82) is 0 Å². The third-order valence-corrected chi connectivity index (χ3v) is 5.93. The minimum Gasteiger partial charge on any atom is -0.350 e. The third-order valence-electron chi connectivity index (χ3n) is 5.93. The van der Waals surface area contributed by atoms with E-state index in [0.29, 0.717) is 47.5 Å². The second-order valence-electron chi connectivity index (χ2n) is 8.90. The zero-order valence-electron chi connectivity index (χ0n) is 20.1. The van der Waals surface area contributed by atoms with Crippen LogP contribution in [0.3, 0.4) is 0 Å².